The van der Waals surface area contributed by atoms with E-state index < -0.39 is 10.7 Å². The number of hydrogen-bond acceptors (Lipinski definition) is 6. The number of aliphatic hydroxyl groups is 1. The van der Waals surface area contributed by atoms with Crippen LogP contribution in [0.15, 0.2) is 27.4 Å². The zero-order valence-electron chi connectivity index (χ0n) is 14.3. The number of nitrogens with zero attached hydrogens (tertiary/aromatic N) is 3. The number of aryl methyl sites for hydroxylation is 1. The lowest BCUT2D eigenvalue weighted by Crippen LogP contribution is -2.40. The normalized spacial score (nSPS) is 20.0. The van der Waals surface area contributed by atoms with Crippen LogP contribution in [0.4, 0.5) is 5.69 Å². The number of nitro benzene ring substituents is 1. The van der Waals surface area contributed by atoms with Crippen LogP contribution in [-0.2, 0) is 6.54 Å². The summed E-state index contributed by atoms with van der Waals surface area (Å²) >= 11 is 0. The van der Waals surface area contributed by atoms with Gasteiger partial charge in [-0.1, -0.05) is 0 Å². The molecule has 0 amide bonds. The first-order valence-corrected chi connectivity index (χ1v) is 8.64. The van der Waals surface area contributed by atoms with Crippen LogP contribution in [-0.4, -0.2) is 45.2 Å². The van der Waals surface area contributed by atoms with Gasteiger partial charge in [-0.3, -0.25) is 14.7 Å². The number of likely N-dealkylation sites (tertiary alicyclic amines) is 1. The number of nitro groups is 1. The van der Waals surface area contributed by atoms with Gasteiger partial charge in [0.25, 0.3) is 5.69 Å². The smallest absolute Gasteiger partial charge is 0.408 e. The molecule has 0 aliphatic carbocycles. The lowest BCUT2D eigenvalue weighted by atomic mass is 9.93. The van der Waals surface area contributed by atoms with Crippen molar-refractivity contribution >= 4 is 16.8 Å². The molecule has 2 unspecified atom stereocenters. The van der Waals surface area contributed by atoms with Crippen molar-refractivity contribution in [3.05, 3.63) is 38.9 Å². The predicted molar refractivity (Wildman–Crippen MR) is 92.6 cm³/mol. The van der Waals surface area contributed by atoms with E-state index in [1.54, 1.807) is 0 Å². The van der Waals surface area contributed by atoms with Gasteiger partial charge in [-0.25, -0.2) is 4.79 Å². The Morgan fingerprint density at radius 1 is 1.44 bits per heavy atom. The van der Waals surface area contributed by atoms with E-state index in [9.17, 15) is 20.0 Å². The van der Waals surface area contributed by atoms with E-state index in [4.69, 9.17) is 4.42 Å². The molecule has 136 valence electrons. The van der Waals surface area contributed by atoms with Crippen LogP contribution in [0, 0.1) is 16.0 Å². The molecule has 0 saturated carbocycles. The molecule has 8 heteroatoms. The summed E-state index contributed by atoms with van der Waals surface area (Å²) in [5.41, 5.74) is 0.764. The van der Waals surface area contributed by atoms with Crippen LogP contribution < -0.4 is 5.76 Å². The lowest BCUT2D eigenvalue weighted by molar-refractivity contribution is -0.384. The number of hydrogen-bond donors (Lipinski definition) is 1. The minimum absolute atomic E-state index is 0.0575. The third kappa shape index (κ3) is 3.91. The van der Waals surface area contributed by atoms with Gasteiger partial charge in [0.05, 0.1) is 16.5 Å². The third-order valence-electron chi connectivity index (χ3n) is 4.94. The Kier molecular flexibility index (Phi) is 5.19. The summed E-state index contributed by atoms with van der Waals surface area (Å²) in [4.78, 5) is 24.8. The van der Waals surface area contributed by atoms with Crippen molar-refractivity contribution in [3.8, 4) is 0 Å². The first-order chi connectivity index (χ1) is 12.0. The van der Waals surface area contributed by atoms with Crippen LogP contribution in [0.5, 0.6) is 0 Å². The maximum atomic E-state index is 12.0. The van der Waals surface area contributed by atoms with Gasteiger partial charge in [-0.05, 0) is 51.3 Å². The summed E-state index contributed by atoms with van der Waals surface area (Å²) in [7, 11) is 0. The second kappa shape index (κ2) is 7.37. The van der Waals surface area contributed by atoms with Crippen molar-refractivity contribution < 1.29 is 14.4 Å². The summed E-state index contributed by atoms with van der Waals surface area (Å²) in [6.45, 7) is 4.96. The van der Waals surface area contributed by atoms with Gasteiger partial charge in [0, 0.05) is 25.2 Å². The second-order valence-electron chi connectivity index (χ2n) is 6.73. The van der Waals surface area contributed by atoms with Crippen LogP contribution in [0.3, 0.4) is 0 Å². The van der Waals surface area contributed by atoms with Crippen LogP contribution in [0.2, 0.25) is 0 Å². The Hall–Kier alpha value is -2.19. The van der Waals surface area contributed by atoms with Crippen molar-refractivity contribution in [1.82, 2.24) is 9.47 Å². The number of oxazole rings is 1. The quantitative estimate of drug-likeness (QED) is 0.632. The molecule has 1 aromatic heterocycles. The molecule has 0 bridgehead atoms. The molecule has 0 radical (unpaired) electrons. The molecule has 1 aliphatic heterocycles. The molecular weight excluding hydrogens is 326 g/mol. The van der Waals surface area contributed by atoms with E-state index in [1.807, 2.05) is 6.92 Å². The molecule has 1 saturated heterocycles. The number of aliphatic hydroxyl groups excluding tert-OH is 1. The van der Waals surface area contributed by atoms with Crippen molar-refractivity contribution in [3.63, 3.8) is 0 Å². The van der Waals surface area contributed by atoms with Gasteiger partial charge in [0.1, 0.15) is 0 Å². The number of benzene rings is 1. The Morgan fingerprint density at radius 2 is 2.24 bits per heavy atom. The van der Waals surface area contributed by atoms with Gasteiger partial charge in [0.15, 0.2) is 5.58 Å². The zero-order chi connectivity index (χ0) is 18.0. The largest absolute Gasteiger partial charge is 0.419 e. The summed E-state index contributed by atoms with van der Waals surface area (Å²) < 4.78 is 6.62. The SMILES string of the molecule is CC(O)C1CCCN(CCCn2c(=O)oc3ccc([N+](=O)[O-])cc32)C1. The predicted octanol–water partition coefficient (Wildman–Crippen LogP) is 1.99. The van der Waals surface area contributed by atoms with E-state index in [2.05, 4.69) is 4.90 Å². The molecular formula is C17H23N3O5. The molecule has 2 aromatic rings. The summed E-state index contributed by atoms with van der Waals surface area (Å²) in [5.74, 6) is -0.190. The highest BCUT2D eigenvalue weighted by molar-refractivity contribution is 5.75. The molecule has 1 fully saturated rings. The van der Waals surface area contributed by atoms with Crippen molar-refractivity contribution in [2.75, 3.05) is 19.6 Å². The molecule has 2 atom stereocenters. The van der Waals surface area contributed by atoms with Gasteiger partial charge >= 0.3 is 5.76 Å². The highest BCUT2D eigenvalue weighted by atomic mass is 16.6. The molecule has 0 spiro atoms. The minimum Gasteiger partial charge on any atom is -0.408 e. The van der Waals surface area contributed by atoms with Crippen LogP contribution in [0.25, 0.3) is 11.1 Å². The monoisotopic (exact) mass is 349 g/mol. The molecule has 1 N–H and O–H groups in total. The fourth-order valence-electron chi connectivity index (χ4n) is 3.52. The molecule has 2 heterocycles. The van der Waals surface area contributed by atoms with Crippen molar-refractivity contribution in [1.29, 1.82) is 0 Å². The van der Waals surface area contributed by atoms with Gasteiger partial charge in [0.2, 0.25) is 0 Å². The number of non-ortho nitro benzene ring substituents is 1. The molecule has 1 aliphatic rings. The summed E-state index contributed by atoms with van der Waals surface area (Å²) in [5, 5.41) is 20.7. The van der Waals surface area contributed by atoms with Gasteiger partial charge in [-0.15, -0.1) is 0 Å². The van der Waals surface area contributed by atoms with Gasteiger partial charge in [-0.2, -0.15) is 0 Å². The zero-order valence-corrected chi connectivity index (χ0v) is 14.3. The van der Waals surface area contributed by atoms with E-state index in [0.29, 0.717) is 23.6 Å². The maximum absolute atomic E-state index is 12.0. The highest BCUT2D eigenvalue weighted by Crippen LogP contribution is 2.21. The average Bonchev–Trinajstić information content (AvgIpc) is 2.90. The Balaban J connectivity index is 1.67. The van der Waals surface area contributed by atoms with E-state index in [1.165, 1.54) is 22.8 Å². The number of piperidine rings is 1. The Labute approximate surface area is 144 Å². The standard InChI is InChI=1S/C17H23N3O5/c1-12(21)13-4-2-7-18(11-13)8-3-9-19-15-10-14(20(23)24)5-6-16(15)25-17(19)22/h5-6,10,12-13,21H,2-4,7-9,11H2,1H3. The van der Waals surface area contributed by atoms with E-state index >= 15 is 0 Å². The number of aromatic nitrogens is 1. The van der Waals surface area contributed by atoms with Crippen LogP contribution >= 0.6 is 0 Å². The minimum atomic E-state index is -0.490. The molecule has 25 heavy (non-hydrogen) atoms. The van der Waals surface area contributed by atoms with Crippen molar-refractivity contribution in [2.45, 2.75) is 38.8 Å². The second-order valence-corrected chi connectivity index (χ2v) is 6.73. The lowest BCUT2D eigenvalue weighted by Gasteiger charge is -2.34. The highest BCUT2D eigenvalue weighted by Gasteiger charge is 2.23. The van der Waals surface area contributed by atoms with Gasteiger partial charge < -0.3 is 14.4 Å². The molecule has 3 rings (SSSR count). The fraction of sp³-hybridized carbons (Fsp3) is 0.588. The topological polar surface area (TPSA) is 102 Å². The Morgan fingerprint density at radius 3 is 2.96 bits per heavy atom. The fourth-order valence-corrected chi connectivity index (χ4v) is 3.52. The number of fused-ring (bicyclic) bond motifs is 1. The van der Waals surface area contributed by atoms with E-state index in [0.717, 1.165) is 38.9 Å². The molecule has 1 aromatic carbocycles. The van der Waals surface area contributed by atoms with Crippen molar-refractivity contribution in [2.24, 2.45) is 5.92 Å². The first kappa shape index (κ1) is 17.6. The van der Waals surface area contributed by atoms with E-state index in [-0.39, 0.29) is 11.8 Å². The maximum Gasteiger partial charge on any atom is 0.419 e. The average molecular weight is 349 g/mol. The van der Waals surface area contributed by atoms with Crippen LogP contribution in [0.1, 0.15) is 26.2 Å². The Bertz CT molecular complexity index is 810. The third-order valence-corrected chi connectivity index (χ3v) is 4.94. The number of rotatable bonds is 6. The summed E-state index contributed by atoms with van der Waals surface area (Å²) in [6, 6.07) is 4.17. The first-order valence-electron chi connectivity index (χ1n) is 8.64. The molecule has 8 nitrogen and oxygen atoms in total. The summed E-state index contributed by atoms with van der Waals surface area (Å²) in [6.07, 6.45) is 2.55.